The Morgan fingerprint density at radius 3 is 1.02 bits per heavy atom. The first-order chi connectivity index (χ1) is 23.7. The molecule has 2 unspecified atom stereocenters. The lowest BCUT2D eigenvalue weighted by molar-refractivity contribution is 0.393. The highest BCUT2D eigenvalue weighted by molar-refractivity contribution is 5.72. The summed E-state index contributed by atoms with van der Waals surface area (Å²) in [5.41, 5.74) is 7.65. The van der Waals surface area contributed by atoms with Crippen LogP contribution in [0.3, 0.4) is 0 Å². The first kappa shape index (κ1) is 37.3. The number of nitrogens with zero attached hydrogens (tertiary/aromatic N) is 2. The minimum Gasteiger partial charge on any atom is -0.341 e. The maximum atomic E-state index is 2.51. The molecule has 0 aliphatic carbocycles. The zero-order valence-electron chi connectivity index (χ0n) is 30.8. The zero-order chi connectivity index (χ0) is 33.8. The van der Waals surface area contributed by atoms with Crippen LogP contribution in [0.15, 0.2) is 109 Å². The molecular formula is C46H64N2. The van der Waals surface area contributed by atoms with Gasteiger partial charge in [-0.2, -0.15) is 0 Å². The van der Waals surface area contributed by atoms with Gasteiger partial charge in [-0.05, 0) is 97.2 Å². The molecule has 2 atom stereocenters. The van der Waals surface area contributed by atoms with Crippen LogP contribution < -0.4 is 9.80 Å². The monoisotopic (exact) mass is 645 g/mol. The summed E-state index contributed by atoms with van der Waals surface area (Å²) in [5.74, 6) is 1.72. The van der Waals surface area contributed by atoms with E-state index in [0.717, 1.165) is 24.9 Å². The third kappa shape index (κ3) is 11.9. The average molecular weight is 645 g/mol. The molecule has 0 saturated heterocycles. The molecule has 0 bridgehead atoms. The van der Waals surface area contributed by atoms with Crippen molar-refractivity contribution in [3.05, 3.63) is 109 Å². The van der Waals surface area contributed by atoms with Crippen molar-refractivity contribution in [1.29, 1.82) is 0 Å². The normalized spacial score (nSPS) is 12.5. The number of para-hydroxylation sites is 2. The predicted molar refractivity (Wildman–Crippen MR) is 213 cm³/mol. The Balaban J connectivity index is 1.45. The van der Waals surface area contributed by atoms with Crippen LogP contribution >= 0.6 is 0 Å². The van der Waals surface area contributed by atoms with E-state index in [2.05, 4.69) is 147 Å². The van der Waals surface area contributed by atoms with Crippen LogP contribution in [-0.2, 0) is 0 Å². The van der Waals surface area contributed by atoms with E-state index in [-0.39, 0.29) is 0 Å². The number of unbranched alkanes of at least 4 members (excludes halogenated alkanes) is 2. The summed E-state index contributed by atoms with van der Waals surface area (Å²) in [5, 5.41) is 0. The standard InChI is InChI=1S/C46H64N2/c1-5-9-21-39(19-7-3)23-17-37-47(43-25-13-11-14-26-43)45-33-29-41(30-34-45)42-31-35-46(36-32-42)48(44-27-15-12-16-28-44)38-18-24-40(20-8-4)22-10-6-2/h11-16,25-36,39-40H,5-10,17-24,37-38H2,1-4H3. The van der Waals surface area contributed by atoms with E-state index >= 15 is 0 Å². The largest absolute Gasteiger partial charge is 0.341 e. The summed E-state index contributed by atoms with van der Waals surface area (Å²) < 4.78 is 0. The van der Waals surface area contributed by atoms with Gasteiger partial charge in [0.15, 0.2) is 0 Å². The Bertz CT molecular complexity index is 1250. The molecular weight excluding hydrogens is 581 g/mol. The molecule has 2 heteroatoms. The average Bonchev–Trinajstić information content (AvgIpc) is 3.14. The van der Waals surface area contributed by atoms with Gasteiger partial charge in [-0.1, -0.05) is 153 Å². The highest BCUT2D eigenvalue weighted by atomic mass is 15.1. The predicted octanol–water partition coefficient (Wildman–Crippen LogP) is 14.4. The molecule has 0 fully saturated rings. The molecule has 258 valence electrons. The molecule has 0 heterocycles. The van der Waals surface area contributed by atoms with Crippen LogP contribution in [0.2, 0.25) is 0 Å². The van der Waals surface area contributed by atoms with Crippen molar-refractivity contribution in [2.75, 3.05) is 22.9 Å². The van der Waals surface area contributed by atoms with Crippen molar-refractivity contribution < 1.29 is 0 Å². The summed E-state index contributed by atoms with van der Waals surface area (Å²) in [6.45, 7) is 11.4. The number of benzene rings is 4. The molecule has 0 radical (unpaired) electrons. The Labute approximate surface area is 294 Å². The molecule has 48 heavy (non-hydrogen) atoms. The summed E-state index contributed by atoms with van der Waals surface area (Å²) in [4.78, 5) is 5.03. The van der Waals surface area contributed by atoms with E-state index in [1.165, 1.54) is 124 Å². The van der Waals surface area contributed by atoms with Gasteiger partial charge in [0, 0.05) is 35.8 Å². The minimum atomic E-state index is 0.861. The van der Waals surface area contributed by atoms with Crippen LogP contribution in [-0.4, -0.2) is 13.1 Å². The highest BCUT2D eigenvalue weighted by Crippen LogP contribution is 2.33. The lowest BCUT2D eigenvalue weighted by Crippen LogP contribution is -2.19. The van der Waals surface area contributed by atoms with E-state index in [1.54, 1.807) is 0 Å². The van der Waals surface area contributed by atoms with Crippen molar-refractivity contribution in [3.63, 3.8) is 0 Å². The maximum absolute atomic E-state index is 2.51. The summed E-state index contributed by atoms with van der Waals surface area (Å²) in [6.07, 6.45) is 18.5. The van der Waals surface area contributed by atoms with E-state index in [0.29, 0.717) is 0 Å². The number of rotatable bonds is 23. The third-order valence-corrected chi connectivity index (χ3v) is 10.1. The summed E-state index contributed by atoms with van der Waals surface area (Å²) >= 11 is 0. The molecule has 4 aromatic rings. The van der Waals surface area contributed by atoms with Gasteiger partial charge in [-0.15, -0.1) is 0 Å². The van der Waals surface area contributed by atoms with Crippen molar-refractivity contribution in [2.45, 2.75) is 118 Å². The second kappa shape index (κ2) is 21.5. The SMILES string of the molecule is CCCCC(CCC)CCCN(c1ccccc1)c1ccc(-c2ccc(N(CCCC(CCC)CCCC)c3ccccc3)cc2)cc1. The fourth-order valence-electron chi connectivity index (χ4n) is 7.44. The van der Waals surface area contributed by atoms with E-state index < -0.39 is 0 Å². The quantitative estimate of drug-likeness (QED) is 0.0793. The highest BCUT2D eigenvalue weighted by Gasteiger charge is 2.15. The van der Waals surface area contributed by atoms with E-state index in [9.17, 15) is 0 Å². The first-order valence-corrected chi connectivity index (χ1v) is 19.5. The topological polar surface area (TPSA) is 6.48 Å². The number of hydrogen-bond donors (Lipinski definition) is 0. The zero-order valence-corrected chi connectivity index (χ0v) is 30.8. The van der Waals surface area contributed by atoms with Gasteiger partial charge < -0.3 is 9.80 Å². The van der Waals surface area contributed by atoms with Gasteiger partial charge in [-0.25, -0.2) is 0 Å². The van der Waals surface area contributed by atoms with Gasteiger partial charge in [-0.3, -0.25) is 0 Å². The lowest BCUT2D eigenvalue weighted by atomic mass is 9.92. The Kier molecular flexibility index (Phi) is 16.7. The van der Waals surface area contributed by atoms with Crippen LogP contribution in [0.25, 0.3) is 11.1 Å². The van der Waals surface area contributed by atoms with Crippen molar-refractivity contribution >= 4 is 22.7 Å². The van der Waals surface area contributed by atoms with Gasteiger partial charge in [0.25, 0.3) is 0 Å². The smallest absolute Gasteiger partial charge is 0.0411 e. The van der Waals surface area contributed by atoms with Gasteiger partial charge >= 0.3 is 0 Å². The van der Waals surface area contributed by atoms with Gasteiger partial charge in [0.05, 0.1) is 0 Å². The Morgan fingerprint density at radius 2 is 0.688 bits per heavy atom. The molecule has 4 aromatic carbocycles. The van der Waals surface area contributed by atoms with Crippen LogP contribution in [0.4, 0.5) is 22.7 Å². The molecule has 4 rings (SSSR count). The fourth-order valence-corrected chi connectivity index (χ4v) is 7.44. The van der Waals surface area contributed by atoms with Crippen LogP contribution in [0.1, 0.15) is 118 Å². The Hall–Kier alpha value is -3.52. The minimum absolute atomic E-state index is 0.861. The number of hydrogen-bond acceptors (Lipinski definition) is 2. The summed E-state index contributed by atoms with van der Waals surface area (Å²) in [7, 11) is 0. The molecule has 0 aliphatic rings. The molecule has 0 saturated carbocycles. The maximum Gasteiger partial charge on any atom is 0.0411 e. The van der Waals surface area contributed by atoms with Gasteiger partial charge in [0.2, 0.25) is 0 Å². The second-order valence-electron chi connectivity index (χ2n) is 13.9. The van der Waals surface area contributed by atoms with E-state index in [4.69, 9.17) is 0 Å². The third-order valence-electron chi connectivity index (χ3n) is 10.1. The van der Waals surface area contributed by atoms with E-state index in [1.807, 2.05) is 0 Å². The fraction of sp³-hybridized carbons (Fsp3) is 0.478. The van der Waals surface area contributed by atoms with Gasteiger partial charge in [0.1, 0.15) is 0 Å². The first-order valence-electron chi connectivity index (χ1n) is 19.5. The molecule has 0 N–H and O–H groups in total. The van der Waals surface area contributed by atoms with Crippen molar-refractivity contribution in [1.82, 2.24) is 0 Å². The number of anilines is 4. The Morgan fingerprint density at radius 1 is 0.354 bits per heavy atom. The molecule has 0 spiro atoms. The van der Waals surface area contributed by atoms with Crippen LogP contribution in [0, 0.1) is 11.8 Å². The van der Waals surface area contributed by atoms with Crippen molar-refractivity contribution in [3.8, 4) is 11.1 Å². The second-order valence-corrected chi connectivity index (χ2v) is 13.9. The molecule has 0 amide bonds. The van der Waals surface area contributed by atoms with Crippen molar-refractivity contribution in [2.24, 2.45) is 11.8 Å². The molecule has 0 aromatic heterocycles. The lowest BCUT2D eigenvalue weighted by Gasteiger charge is -2.27. The molecule has 0 aliphatic heterocycles. The van der Waals surface area contributed by atoms with Crippen LogP contribution in [0.5, 0.6) is 0 Å². The molecule has 2 nitrogen and oxygen atoms in total. The summed E-state index contributed by atoms with van der Waals surface area (Å²) in [6, 6.07) is 40.4.